The maximum Gasteiger partial charge on any atom is 0.349 e. The molecule has 26 heavy (non-hydrogen) atoms. The molecule has 0 spiro atoms. The Kier molecular flexibility index (Phi) is 4.94. The topological polar surface area (TPSA) is 59.3 Å². The van der Waals surface area contributed by atoms with Gasteiger partial charge in [0.05, 0.1) is 0 Å². The van der Waals surface area contributed by atoms with E-state index in [2.05, 4.69) is 33.0 Å². The minimum atomic E-state index is -0.630. The number of carbonyl (C=O) groups is 1. The lowest BCUT2D eigenvalue weighted by molar-refractivity contribution is 0.102. The van der Waals surface area contributed by atoms with Gasteiger partial charge in [-0.25, -0.2) is 4.79 Å². The first-order chi connectivity index (χ1) is 12.4. The van der Waals surface area contributed by atoms with E-state index in [9.17, 15) is 9.59 Å². The van der Waals surface area contributed by atoms with Crippen molar-refractivity contribution in [2.75, 3.05) is 5.32 Å². The minimum Gasteiger partial charge on any atom is -0.422 e. The molecule has 0 unspecified atom stereocenters. The number of fused-ring (bicyclic) bond motifs is 1. The van der Waals surface area contributed by atoms with Gasteiger partial charge in [-0.15, -0.1) is 0 Å². The molecule has 3 aromatic rings. The zero-order valence-corrected chi connectivity index (χ0v) is 15.5. The van der Waals surface area contributed by atoms with Crippen LogP contribution in [0.1, 0.15) is 61.0 Å². The highest BCUT2D eigenvalue weighted by atomic mass is 16.4. The molecular formula is C22H23NO3. The molecule has 0 saturated carbocycles. The van der Waals surface area contributed by atoms with Crippen LogP contribution in [-0.2, 0) is 0 Å². The molecule has 0 aliphatic carbocycles. The van der Waals surface area contributed by atoms with Gasteiger partial charge in [-0.3, -0.25) is 4.79 Å². The van der Waals surface area contributed by atoms with Crippen LogP contribution in [0.5, 0.6) is 0 Å². The second kappa shape index (κ2) is 7.16. The Morgan fingerprint density at radius 1 is 0.923 bits per heavy atom. The summed E-state index contributed by atoms with van der Waals surface area (Å²) >= 11 is 0. The van der Waals surface area contributed by atoms with E-state index in [4.69, 9.17) is 4.42 Å². The van der Waals surface area contributed by atoms with Gasteiger partial charge in [0.1, 0.15) is 11.1 Å². The van der Waals surface area contributed by atoms with Crippen LogP contribution >= 0.6 is 0 Å². The summed E-state index contributed by atoms with van der Waals surface area (Å²) in [6.45, 7) is 8.33. The van der Waals surface area contributed by atoms with Crippen LogP contribution in [0.2, 0.25) is 0 Å². The number of hydrogen-bond acceptors (Lipinski definition) is 3. The van der Waals surface area contributed by atoms with Crippen molar-refractivity contribution in [2.45, 2.75) is 39.5 Å². The van der Waals surface area contributed by atoms with Gasteiger partial charge in [-0.05, 0) is 35.1 Å². The van der Waals surface area contributed by atoms with Gasteiger partial charge in [-0.1, -0.05) is 64.1 Å². The third-order valence-electron chi connectivity index (χ3n) is 4.50. The number of para-hydroxylation sites is 2. The number of amides is 1. The Morgan fingerprint density at radius 2 is 1.54 bits per heavy atom. The third-order valence-corrected chi connectivity index (χ3v) is 4.50. The van der Waals surface area contributed by atoms with Gasteiger partial charge in [-0.2, -0.15) is 0 Å². The van der Waals surface area contributed by atoms with Crippen molar-refractivity contribution < 1.29 is 9.21 Å². The molecule has 4 nitrogen and oxygen atoms in total. The molecule has 134 valence electrons. The van der Waals surface area contributed by atoms with Crippen molar-refractivity contribution in [2.24, 2.45) is 0 Å². The number of rotatable bonds is 4. The van der Waals surface area contributed by atoms with Gasteiger partial charge in [0.25, 0.3) is 5.91 Å². The Hall–Kier alpha value is -2.88. The van der Waals surface area contributed by atoms with E-state index in [0.717, 1.165) is 22.2 Å². The number of carbonyl (C=O) groups excluding carboxylic acids is 1. The van der Waals surface area contributed by atoms with Gasteiger partial charge >= 0.3 is 5.63 Å². The average molecular weight is 349 g/mol. The highest BCUT2D eigenvalue weighted by Gasteiger charge is 2.19. The van der Waals surface area contributed by atoms with E-state index in [1.165, 1.54) is 0 Å². The standard InChI is InChI=1S/C22H23NO3/c1-13(2)16-9-7-10-17(14(3)4)20(16)23-21(24)18-12-15-8-5-6-11-19(15)26-22(18)25/h5-14H,1-4H3,(H,23,24). The lowest BCUT2D eigenvalue weighted by Gasteiger charge is -2.20. The van der Waals surface area contributed by atoms with Gasteiger partial charge in [0, 0.05) is 11.1 Å². The zero-order valence-electron chi connectivity index (χ0n) is 15.5. The summed E-state index contributed by atoms with van der Waals surface area (Å²) in [5, 5.41) is 3.69. The highest BCUT2D eigenvalue weighted by molar-refractivity contribution is 6.06. The molecule has 1 heterocycles. The van der Waals surface area contributed by atoms with E-state index >= 15 is 0 Å². The molecular weight excluding hydrogens is 326 g/mol. The summed E-state index contributed by atoms with van der Waals surface area (Å²) in [6, 6.07) is 14.8. The van der Waals surface area contributed by atoms with Gasteiger partial charge in [0.15, 0.2) is 0 Å². The number of nitrogens with one attached hydrogen (secondary N) is 1. The lowest BCUT2D eigenvalue weighted by Crippen LogP contribution is -2.22. The Morgan fingerprint density at radius 3 is 2.15 bits per heavy atom. The predicted molar refractivity (Wildman–Crippen MR) is 105 cm³/mol. The van der Waals surface area contributed by atoms with E-state index in [1.54, 1.807) is 18.2 Å². The van der Waals surface area contributed by atoms with Gasteiger partial charge < -0.3 is 9.73 Å². The SMILES string of the molecule is CC(C)c1cccc(C(C)C)c1NC(=O)c1cc2ccccc2oc1=O. The molecule has 1 amide bonds. The Bertz CT molecular complexity index is 989. The summed E-state index contributed by atoms with van der Waals surface area (Å²) in [5.41, 5.74) is 2.74. The maximum atomic E-state index is 12.9. The minimum absolute atomic E-state index is 0.0111. The first kappa shape index (κ1) is 17.9. The van der Waals surface area contributed by atoms with E-state index < -0.39 is 11.5 Å². The summed E-state index contributed by atoms with van der Waals surface area (Å²) < 4.78 is 5.29. The predicted octanol–water partition coefficient (Wildman–Crippen LogP) is 5.29. The van der Waals surface area contributed by atoms with E-state index in [1.807, 2.05) is 30.3 Å². The fourth-order valence-corrected chi connectivity index (χ4v) is 3.10. The summed E-state index contributed by atoms with van der Waals surface area (Å²) in [6.07, 6.45) is 0. The highest BCUT2D eigenvalue weighted by Crippen LogP contribution is 2.32. The smallest absolute Gasteiger partial charge is 0.349 e. The molecule has 1 aromatic heterocycles. The van der Waals surface area contributed by atoms with Crippen molar-refractivity contribution in [3.05, 3.63) is 75.6 Å². The summed E-state index contributed by atoms with van der Waals surface area (Å²) in [5.74, 6) is 0.0496. The van der Waals surface area contributed by atoms with Crippen molar-refractivity contribution in [3.8, 4) is 0 Å². The zero-order chi connectivity index (χ0) is 18.8. The van der Waals surface area contributed by atoms with Crippen molar-refractivity contribution >= 4 is 22.6 Å². The molecule has 0 aliphatic rings. The van der Waals surface area contributed by atoms with Gasteiger partial charge in [0.2, 0.25) is 0 Å². The average Bonchev–Trinajstić information content (AvgIpc) is 2.60. The molecule has 0 bridgehead atoms. The van der Waals surface area contributed by atoms with Crippen LogP contribution in [0.4, 0.5) is 5.69 Å². The molecule has 0 saturated heterocycles. The first-order valence-electron chi connectivity index (χ1n) is 8.85. The number of benzene rings is 2. The van der Waals surface area contributed by atoms with Crippen LogP contribution in [0.25, 0.3) is 11.0 Å². The normalized spacial score (nSPS) is 11.3. The first-order valence-corrected chi connectivity index (χ1v) is 8.85. The molecule has 1 N–H and O–H groups in total. The molecule has 0 atom stereocenters. The third kappa shape index (κ3) is 3.40. The van der Waals surface area contributed by atoms with Crippen molar-refractivity contribution in [1.29, 1.82) is 0 Å². The second-order valence-corrected chi connectivity index (χ2v) is 7.06. The van der Waals surface area contributed by atoms with Crippen LogP contribution in [0.3, 0.4) is 0 Å². The molecule has 0 fully saturated rings. The summed E-state index contributed by atoms with van der Waals surface area (Å²) in [4.78, 5) is 25.1. The van der Waals surface area contributed by atoms with Crippen molar-refractivity contribution in [3.63, 3.8) is 0 Å². The second-order valence-electron chi connectivity index (χ2n) is 7.06. The summed E-state index contributed by atoms with van der Waals surface area (Å²) in [7, 11) is 0. The van der Waals surface area contributed by atoms with E-state index in [0.29, 0.717) is 5.58 Å². The largest absolute Gasteiger partial charge is 0.422 e. The molecule has 0 aliphatic heterocycles. The van der Waals surface area contributed by atoms with Crippen LogP contribution in [-0.4, -0.2) is 5.91 Å². The molecule has 3 rings (SSSR count). The lowest BCUT2D eigenvalue weighted by atomic mass is 9.92. The van der Waals surface area contributed by atoms with Crippen molar-refractivity contribution in [1.82, 2.24) is 0 Å². The maximum absolute atomic E-state index is 12.9. The Balaban J connectivity index is 2.06. The fraction of sp³-hybridized carbons (Fsp3) is 0.273. The molecule has 2 aromatic carbocycles. The molecule has 0 radical (unpaired) electrons. The Labute approximate surface area is 152 Å². The van der Waals surface area contributed by atoms with Crippen LogP contribution < -0.4 is 10.9 Å². The monoisotopic (exact) mass is 349 g/mol. The number of anilines is 1. The molecule has 4 heteroatoms. The van der Waals surface area contributed by atoms with Crippen LogP contribution in [0, 0.1) is 0 Å². The quantitative estimate of drug-likeness (QED) is 0.651. The number of hydrogen-bond donors (Lipinski definition) is 1. The van der Waals surface area contributed by atoms with E-state index in [-0.39, 0.29) is 17.4 Å². The van der Waals surface area contributed by atoms with Crippen LogP contribution in [0.15, 0.2) is 57.7 Å². The fourth-order valence-electron chi connectivity index (χ4n) is 3.10.